The van der Waals surface area contributed by atoms with Gasteiger partial charge in [-0.15, -0.1) is 0 Å². The minimum atomic E-state index is 0.492. The van der Waals surface area contributed by atoms with Crippen LogP contribution in [0, 0.1) is 0 Å². The molecule has 128 valence electrons. The molecular weight excluding hydrogens is 286 g/mol. The van der Waals surface area contributed by atoms with Gasteiger partial charge in [0.05, 0.1) is 6.10 Å². The van der Waals surface area contributed by atoms with E-state index >= 15 is 0 Å². The molecule has 4 heteroatoms. The highest BCUT2D eigenvalue weighted by molar-refractivity contribution is 5.47. The Hall–Kier alpha value is -1.10. The fraction of sp³-hybridized carbons (Fsp3) is 0.684. The second-order valence-corrected chi connectivity index (χ2v) is 6.95. The summed E-state index contributed by atoms with van der Waals surface area (Å²) in [6.45, 7) is 6.62. The summed E-state index contributed by atoms with van der Waals surface area (Å²) >= 11 is 0. The highest BCUT2D eigenvalue weighted by Gasteiger charge is 2.22. The largest absolute Gasteiger partial charge is 0.378 e. The van der Waals surface area contributed by atoms with Crippen LogP contribution >= 0.6 is 0 Å². The van der Waals surface area contributed by atoms with Crippen molar-refractivity contribution in [2.45, 2.75) is 37.8 Å². The van der Waals surface area contributed by atoms with Gasteiger partial charge in [-0.25, -0.2) is 0 Å². The van der Waals surface area contributed by atoms with Crippen molar-refractivity contribution in [3.63, 3.8) is 0 Å². The standard InChI is InChI=1S/C19H31N3O/c1-21-12-9-19(10-13-21)23-15-5-11-20-17-8-14-22(16-17)18-6-3-2-4-7-18/h2-4,6-7,17,19-20H,5,8-16H2,1H3/t17-/m0/s1. The SMILES string of the molecule is CN1CCC(OCCCN[C@H]2CCN(c3ccccc3)C2)CC1. The summed E-state index contributed by atoms with van der Waals surface area (Å²) in [7, 11) is 2.19. The monoisotopic (exact) mass is 317 g/mol. The smallest absolute Gasteiger partial charge is 0.0599 e. The zero-order valence-corrected chi connectivity index (χ0v) is 14.4. The van der Waals surface area contributed by atoms with Crippen LogP contribution in [0.5, 0.6) is 0 Å². The molecule has 0 aromatic heterocycles. The van der Waals surface area contributed by atoms with Gasteiger partial charge >= 0.3 is 0 Å². The van der Waals surface area contributed by atoms with Crippen LogP contribution in [0.3, 0.4) is 0 Å². The zero-order chi connectivity index (χ0) is 15.9. The first-order valence-electron chi connectivity index (χ1n) is 9.15. The molecule has 1 aromatic carbocycles. The van der Waals surface area contributed by atoms with Crippen molar-refractivity contribution in [3.8, 4) is 0 Å². The summed E-state index contributed by atoms with van der Waals surface area (Å²) in [5, 5.41) is 3.70. The quantitative estimate of drug-likeness (QED) is 0.781. The Morgan fingerprint density at radius 2 is 1.87 bits per heavy atom. The van der Waals surface area contributed by atoms with E-state index in [0.29, 0.717) is 12.1 Å². The van der Waals surface area contributed by atoms with E-state index in [0.717, 1.165) is 32.7 Å². The molecule has 0 bridgehead atoms. The lowest BCUT2D eigenvalue weighted by molar-refractivity contribution is 0.0115. The van der Waals surface area contributed by atoms with Crippen LogP contribution in [0.1, 0.15) is 25.7 Å². The number of benzene rings is 1. The van der Waals surface area contributed by atoms with Crippen molar-refractivity contribution >= 4 is 5.69 Å². The second-order valence-electron chi connectivity index (χ2n) is 6.95. The topological polar surface area (TPSA) is 27.7 Å². The molecule has 2 aliphatic rings. The zero-order valence-electron chi connectivity index (χ0n) is 14.4. The summed E-state index contributed by atoms with van der Waals surface area (Å²) in [5.41, 5.74) is 1.35. The fourth-order valence-electron chi connectivity index (χ4n) is 3.58. The third-order valence-electron chi connectivity index (χ3n) is 5.08. The van der Waals surface area contributed by atoms with E-state index in [1.54, 1.807) is 0 Å². The van der Waals surface area contributed by atoms with Crippen LogP contribution < -0.4 is 10.2 Å². The van der Waals surface area contributed by atoms with E-state index in [1.807, 2.05) is 0 Å². The first-order chi connectivity index (χ1) is 11.3. The number of piperidine rings is 1. The van der Waals surface area contributed by atoms with Gasteiger partial charge in [0.15, 0.2) is 0 Å². The third kappa shape index (κ3) is 5.20. The molecule has 3 rings (SSSR count). The normalized spacial score (nSPS) is 23.5. The Balaban J connectivity index is 1.26. The van der Waals surface area contributed by atoms with Crippen molar-refractivity contribution < 1.29 is 4.74 Å². The van der Waals surface area contributed by atoms with E-state index in [4.69, 9.17) is 4.74 Å². The average Bonchev–Trinajstić information content (AvgIpc) is 3.06. The third-order valence-corrected chi connectivity index (χ3v) is 5.08. The Morgan fingerprint density at radius 3 is 2.65 bits per heavy atom. The lowest BCUT2D eigenvalue weighted by atomic mass is 10.1. The van der Waals surface area contributed by atoms with E-state index < -0.39 is 0 Å². The molecule has 2 fully saturated rings. The van der Waals surface area contributed by atoms with Crippen molar-refractivity contribution in [1.82, 2.24) is 10.2 Å². The van der Waals surface area contributed by atoms with Crippen LogP contribution in [0.25, 0.3) is 0 Å². The molecule has 2 heterocycles. The molecule has 0 spiro atoms. The Labute approximate surface area is 140 Å². The highest BCUT2D eigenvalue weighted by atomic mass is 16.5. The Morgan fingerprint density at radius 1 is 1.09 bits per heavy atom. The molecule has 0 unspecified atom stereocenters. The Bertz CT molecular complexity index is 445. The van der Waals surface area contributed by atoms with Gasteiger partial charge in [0.1, 0.15) is 0 Å². The van der Waals surface area contributed by atoms with Gasteiger partial charge in [0, 0.05) is 44.5 Å². The maximum Gasteiger partial charge on any atom is 0.0599 e. The number of hydrogen-bond acceptors (Lipinski definition) is 4. The van der Waals surface area contributed by atoms with Crippen LogP contribution in [-0.4, -0.2) is 63.4 Å². The molecule has 4 nitrogen and oxygen atoms in total. The predicted molar refractivity (Wildman–Crippen MR) is 96.2 cm³/mol. The second kappa shape index (κ2) is 8.67. The first-order valence-corrected chi connectivity index (χ1v) is 9.15. The van der Waals surface area contributed by atoms with Gasteiger partial charge in [0.25, 0.3) is 0 Å². The summed E-state index contributed by atoms with van der Waals surface area (Å²) in [5.74, 6) is 0. The van der Waals surface area contributed by atoms with Gasteiger partial charge in [-0.2, -0.15) is 0 Å². The fourth-order valence-corrected chi connectivity index (χ4v) is 3.58. The van der Waals surface area contributed by atoms with Gasteiger partial charge in [-0.05, 0) is 51.4 Å². The lowest BCUT2D eigenvalue weighted by Gasteiger charge is -2.28. The molecule has 0 aliphatic carbocycles. The molecule has 1 atom stereocenters. The van der Waals surface area contributed by atoms with E-state index in [-0.39, 0.29) is 0 Å². The number of nitrogens with one attached hydrogen (secondary N) is 1. The number of ether oxygens (including phenoxy) is 1. The van der Waals surface area contributed by atoms with Gasteiger partial charge in [0.2, 0.25) is 0 Å². The molecule has 1 aromatic rings. The number of likely N-dealkylation sites (tertiary alicyclic amines) is 1. The van der Waals surface area contributed by atoms with Crippen molar-refractivity contribution in [2.75, 3.05) is 51.3 Å². The van der Waals surface area contributed by atoms with Crippen LogP contribution in [-0.2, 0) is 4.74 Å². The van der Waals surface area contributed by atoms with Crippen molar-refractivity contribution in [2.24, 2.45) is 0 Å². The minimum Gasteiger partial charge on any atom is -0.378 e. The number of anilines is 1. The van der Waals surface area contributed by atoms with E-state index in [9.17, 15) is 0 Å². The highest BCUT2D eigenvalue weighted by Crippen LogP contribution is 2.19. The summed E-state index contributed by atoms with van der Waals surface area (Å²) < 4.78 is 6.01. The van der Waals surface area contributed by atoms with Gasteiger partial charge in [-0.1, -0.05) is 18.2 Å². The maximum absolute atomic E-state index is 6.01. The van der Waals surface area contributed by atoms with Crippen molar-refractivity contribution in [1.29, 1.82) is 0 Å². The van der Waals surface area contributed by atoms with Crippen LogP contribution in [0.15, 0.2) is 30.3 Å². The average molecular weight is 317 g/mol. The van der Waals surface area contributed by atoms with Crippen LogP contribution in [0.2, 0.25) is 0 Å². The Kier molecular flexibility index (Phi) is 6.31. The number of nitrogens with zero attached hydrogens (tertiary/aromatic N) is 2. The first kappa shape index (κ1) is 16.7. The maximum atomic E-state index is 6.01. The molecule has 0 saturated carbocycles. The van der Waals surface area contributed by atoms with Gasteiger partial charge < -0.3 is 19.9 Å². The lowest BCUT2D eigenvalue weighted by Crippen LogP contribution is -2.35. The molecule has 23 heavy (non-hydrogen) atoms. The number of rotatable bonds is 7. The van der Waals surface area contributed by atoms with Crippen molar-refractivity contribution in [3.05, 3.63) is 30.3 Å². The van der Waals surface area contributed by atoms with E-state index in [2.05, 4.69) is 52.5 Å². The molecular formula is C19H31N3O. The van der Waals surface area contributed by atoms with Crippen LogP contribution in [0.4, 0.5) is 5.69 Å². The van der Waals surface area contributed by atoms with Gasteiger partial charge in [-0.3, -0.25) is 0 Å². The molecule has 2 aliphatic heterocycles. The minimum absolute atomic E-state index is 0.492. The van der Waals surface area contributed by atoms with E-state index in [1.165, 1.54) is 38.0 Å². The molecule has 0 radical (unpaired) electrons. The number of para-hydroxylation sites is 1. The summed E-state index contributed by atoms with van der Waals surface area (Å²) in [6, 6.07) is 11.4. The summed E-state index contributed by atoms with van der Waals surface area (Å²) in [4.78, 5) is 4.87. The molecule has 0 amide bonds. The number of hydrogen-bond donors (Lipinski definition) is 1. The molecule has 2 saturated heterocycles. The predicted octanol–water partition coefficient (Wildman–Crippen LogP) is 2.36. The molecule has 1 N–H and O–H groups in total. The summed E-state index contributed by atoms with van der Waals surface area (Å²) in [6.07, 6.45) is 5.24.